The van der Waals surface area contributed by atoms with Crippen molar-refractivity contribution >= 4 is 0 Å². The molecule has 2 heteroatoms. The highest BCUT2D eigenvalue weighted by atomic mass is 16.5. The predicted octanol–water partition coefficient (Wildman–Crippen LogP) is 3.86. The van der Waals surface area contributed by atoms with E-state index in [0.717, 1.165) is 31.0 Å². The molecule has 2 aliphatic rings. The molecule has 0 spiro atoms. The van der Waals surface area contributed by atoms with E-state index in [-0.39, 0.29) is 0 Å². The number of rotatable bonds is 10. The van der Waals surface area contributed by atoms with Gasteiger partial charge in [-0.1, -0.05) is 20.8 Å². The second kappa shape index (κ2) is 7.08. The Hall–Kier alpha value is -0.0800. The molecule has 2 saturated carbocycles. The molecule has 2 fully saturated rings. The highest BCUT2D eigenvalue weighted by Gasteiger charge is 2.52. The molecule has 0 radical (unpaired) electrons. The van der Waals surface area contributed by atoms with Crippen LogP contribution < -0.4 is 5.32 Å². The van der Waals surface area contributed by atoms with Crippen LogP contribution in [0.15, 0.2) is 0 Å². The molecule has 2 unspecified atom stereocenters. The summed E-state index contributed by atoms with van der Waals surface area (Å²) in [6.45, 7) is 11.1. The lowest BCUT2D eigenvalue weighted by Crippen LogP contribution is -2.35. The Bertz CT molecular complexity index is 254. The average Bonchev–Trinajstić information content (AvgIpc) is 2.97. The van der Waals surface area contributed by atoms with Gasteiger partial charge >= 0.3 is 0 Å². The normalized spacial score (nSPS) is 32.8. The van der Waals surface area contributed by atoms with Crippen LogP contribution in [0.1, 0.15) is 59.3 Å². The molecule has 19 heavy (non-hydrogen) atoms. The Labute approximate surface area is 119 Å². The average molecular weight is 267 g/mol. The summed E-state index contributed by atoms with van der Waals surface area (Å²) in [5.74, 6) is 2.90. The van der Waals surface area contributed by atoms with Crippen LogP contribution in [-0.2, 0) is 4.74 Å². The lowest BCUT2D eigenvalue weighted by molar-refractivity contribution is 0.0825. The van der Waals surface area contributed by atoms with Crippen molar-refractivity contribution in [2.75, 3.05) is 26.3 Å². The molecular weight excluding hydrogens is 234 g/mol. The zero-order chi connectivity index (χ0) is 13.7. The van der Waals surface area contributed by atoms with Gasteiger partial charge in [0.05, 0.1) is 0 Å². The number of hydrogen-bond acceptors (Lipinski definition) is 2. The van der Waals surface area contributed by atoms with E-state index in [0.29, 0.717) is 5.41 Å². The Morgan fingerprint density at radius 1 is 1.21 bits per heavy atom. The Morgan fingerprint density at radius 3 is 2.58 bits per heavy atom. The first kappa shape index (κ1) is 15.3. The van der Waals surface area contributed by atoms with Crippen LogP contribution in [0.5, 0.6) is 0 Å². The Kier molecular flexibility index (Phi) is 5.70. The van der Waals surface area contributed by atoms with Gasteiger partial charge in [-0.3, -0.25) is 0 Å². The van der Waals surface area contributed by atoms with E-state index in [2.05, 4.69) is 26.1 Å². The van der Waals surface area contributed by atoms with Crippen LogP contribution in [0.25, 0.3) is 0 Å². The van der Waals surface area contributed by atoms with Gasteiger partial charge in [0.15, 0.2) is 0 Å². The van der Waals surface area contributed by atoms with E-state index < -0.39 is 0 Å². The third kappa shape index (κ3) is 4.75. The molecule has 0 amide bonds. The predicted molar refractivity (Wildman–Crippen MR) is 81.3 cm³/mol. The molecule has 0 saturated heterocycles. The van der Waals surface area contributed by atoms with Crippen molar-refractivity contribution in [1.29, 1.82) is 0 Å². The minimum Gasteiger partial charge on any atom is -0.381 e. The van der Waals surface area contributed by atoms with Gasteiger partial charge in [-0.25, -0.2) is 0 Å². The highest BCUT2D eigenvalue weighted by Crippen LogP contribution is 2.60. The van der Waals surface area contributed by atoms with Gasteiger partial charge in [-0.2, -0.15) is 0 Å². The largest absolute Gasteiger partial charge is 0.381 e. The summed E-state index contributed by atoms with van der Waals surface area (Å²) in [5, 5.41) is 3.66. The topological polar surface area (TPSA) is 21.3 Å². The van der Waals surface area contributed by atoms with E-state index in [1.165, 1.54) is 51.6 Å². The molecule has 2 rings (SSSR count). The first-order valence-corrected chi connectivity index (χ1v) is 8.44. The quantitative estimate of drug-likeness (QED) is 0.607. The molecule has 2 atom stereocenters. The summed E-state index contributed by atoms with van der Waals surface area (Å²) < 4.78 is 5.86. The van der Waals surface area contributed by atoms with Crippen LogP contribution in [0.2, 0.25) is 0 Å². The summed E-state index contributed by atoms with van der Waals surface area (Å²) >= 11 is 0. The van der Waals surface area contributed by atoms with Gasteiger partial charge in [-0.15, -0.1) is 0 Å². The lowest BCUT2D eigenvalue weighted by atomic mass is 9.80. The lowest BCUT2D eigenvalue weighted by Gasteiger charge is -2.31. The molecule has 112 valence electrons. The summed E-state index contributed by atoms with van der Waals surface area (Å²) in [6, 6.07) is 0. The molecule has 2 aliphatic carbocycles. The van der Waals surface area contributed by atoms with Crippen LogP contribution >= 0.6 is 0 Å². The SMILES string of the molecule is CCCNCC1(CCOCCC(C)C)CC2CC2C1. The monoisotopic (exact) mass is 267 g/mol. The van der Waals surface area contributed by atoms with E-state index in [1.54, 1.807) is 0 Å². The summed E-state index contributed by atoms with van der Waals surface area (Å²) in [4.78, 5) is 0. The van der Waals surface area contributed by atoms with Crippen molar-refractivity contribution < 1.29 is 4.74 Å². The van der Waals surface area contributed by atoms with Gasteiger partial charge < -0.3 is 10.1 Å². The summed E-state index contributed by atoms with van der Waals surface area (Å²) in [6.07, 6.45) is 8.16. The second-order valence-corrected chi connectivity index (χ2v) is 7.39. The molecule has 0 heterocycles. The fraction of sp³-hybridized carbons (Fsp3) is 1.00. The molecule has 0 aliphatic heterocycles. The third-order valence-corrected chi connectivity index (χ3v) is 5.00. The van der Waals surface area contributed by atoms with Crippen molar-refractivity contribution in [3.63, 3.8) is 0 Å². The fourth-order valence-electron chi connectivity index (χ4n) is 3.68. The van der Waals surface area contributed by atoms with E-state index in [1.807, 2.05) is 0 Å². The zero-order valence-corrected chi connectivity index (χ0v) is 13.2. The van der Waals surface area contributed by atoms with Crippen LogP contribution in [-0.4, -0.2) is 26.3 Å². The summed E-state index contributed by atoms with van der Waals surface area (Å²) in [5.41, 5.74) is 0.570. The van der Waals surface area contributed by atoms with Gasteiger partial charge in [0, 0.05) is 19.8 Å². The first-order valence-electron chi connectivity index (χ1n) is 8.44. The number of hydrogen-bond donors (Lipinski definition) is 1. The molecule has 1 N–H and O–H groups in total. The van der Waals surface area contributed by atoms with E-state index in [4.69, 9.17) is 4.74 Å². The van der Waals surface area contributed by atoms with Crippen molar-refractivity contribution in [2.24, 2.45) is 23.2 Å². The smallest absolute Gasteiger partial charge is 0.0471 e. The second-order valence-electron chi connectivity index (χ2n) is 7.39. The first-order chi connectivity index (χ1) is 9.15. The van der Waals surface area contributed by atoms with Gasteiger partial charge in [0.2, 0.25) is 0 Å². The van der Waals surface area contributed by atoms with Crippen LogP contribution in [0.3, 0.4) is 0 Å². The number of nitrogens with one attached hydrogen (secondary N) is 1. The summed E-state index contributed by atoms with van der Waals surface area (Å²) in [7, 11) is 0. The highest BCUT2D eigenvalue weighted by molar-refractivity contribution is 5.04. The fourth-order valence-corrected chi connectivity index (χ4v) is 3.68. The third-order valence-electron chi connectivity index (χ3n) is 5.00. The van der Waals surface area contributed by atoms with Crippen LogP contribution in [0.4, 0.5) is 0 Å². The van der Waals surface area contributed by atoms with Crippen molar-refractivity contribution in [3.8, 4) is 0 Å². The van der Waals surface area contributed by atoms with Crippen molar-refractivity contribution in [2.45, 2.75) is 59.3 Å². The van der Waals surface area contributed by atoms with Crippen molar-refractivity contribution in [3.05, 3.63) is 0 Å². The van der Waals surface area contributed by atoms with Crippen molar-refractivity contribution in [1.82, 2.24) is 5.32 Å². The number of fused-ring (bicyclic) bond motifs is 1. The molecule has 0 bridgehead atoms. The van der Waals surface area contributed by atoms with E-state index in [9.17, 15) is 0 Å². The molecule has 0 aromatic carbocycles. The van der Waals surface area contributed by atoms with Gasteiger partial charge in [-0.05, 0) is 68.2 Å². The molecule has 0 aromatic heterocycles. The zero-order valence-electron chi connectivity index (χ0n) is 13.2. The minimum atomic E-state index is 0.570. The maximum Gasteiger partial charge on any atom is 0.0471 e. The number of ether oxygens (including phenoxy) is 1. The van der Waals surface area contributed by atoms with Gasteiger partial charge in [0.25, 0.3) is 0 Å². The molecule has 0 aromatic rings. The Balaban J connectivity index is 1.66. The standard InChI is InChI=1S/C17H33NO/c1-4-7-18-13-17(11-15-10-16(15)12-17)6-9-19-8-5-14(2)3/h14-16,18H,4-13H2,1-3H3. The van der Waals surface area contributed by atoms with Crippen LogP contribution in [0, 0.1) is 23.2 Å². The maximum absolute atomic E-state index is 5.86. The van der Waals surface area contributed by atoms with E-state index >= 15 is 0 Å². The molecular formula is C17H33NO. The molecule has 2 nitrogen and oxygen atoms in total. The maximum atomic E-state index is 5.86. The Morgan fingerprint density at radius 2 is 1.95 bits per heavy atom. The minimum absolute atomic E-state index is 0.570. The van der Waals surface area contributed by atoms with Gasteiger partial charge in [0.1, 0.15) is 0 Å².